The molecular formula is C16H27N2O+. The predicted molar refractivity (Wildman–Crippen MR) is 78.8 cm³/mol. The average Bonchev–Trinajstić information content (AvgIpc) is 2.43. The number of rotatable bonds is 5. The van der Waals surface area contributed by atoms with Crippen LogP contribution in [0.25, 0.3) is 0 Å². The molecular weight excluding hydrogens is 236 g/mol. The molecule has 3 heteroatoms. The number of nitrogens with zero attached hydrogens (tertiary/aromatic N) is 2. The van der Waals surface area contributed by atoms with Crippen LogP contribution in [0.4, 0.5) is 0 Å². The second-order valence-corrected chi connectivity index (χ2v) is 5.98. The number of piperazine rings is 1. The quantitative estimate of drug-likeness (QED) is 0.818. The number of aliphatic hydroxyl groups is 1. The molecule has 2 rings (SSSR count). The van der Waals surface area contributed by atoms with Gasteiger partial charge in [-0.15, -0.1) is 0 Å². The van der Waals surface area contributed by atoms with Crippen LogP contribution in [0.2, 0.25) is 0 Å². The highest BCUT2D eigenvalue weighted by molar-refractivity contribution is 5.13. The summed E-state index contributed by atoms with van der Waals surface area (Å²) < 4.78 is 1.03. The third-order valence-electron chi connectivity index (χ3n) is 4.34. The van der Waals surface area contributed by atoms with Gasteiger partial charge in [0.2, 0.25) is 0 Å². The molecule has 1 saturated heterocycles. The van der Waals surface area contributed by atoms with Gasteiger partial charge in [-0.1, -0.05) is 37.3 Å². The zero-order valence-electron chi connectivity index (χ0n) is 12.3. The van der Waals surface area contributed by atoms with E-state index in [0.717, 1.165) is 50.2 Å². The topological polar surface area (TPSA) is 23.5 Å². The Morgan fingerprint density at radius 1 is 1.21 bits per heavy atom. The summed E-state index contributed by atoms with van der Waals surface area (Å²) in [5.74, 6) is 0. The zero-order chi connectivity index (χ0) is 13.7. The van der Waals surface area contributed by atoms with Crippen molar-refractivity contribution in [2.24, 2.45) is 0 Å². The van der Waals surface area contributed by atoms with E-state index in [1.54, 1.807) is 0 Å². The van der Waals surface area contributed by atoms with E-state index in [1.165, 1.54) is 5.56 Å². The maximum Gasteiger partial charge on any atom is 0.105 e. The molecule has 1 aliphatic heterocycles. The van der Waals surface area contributed by atoms with Crippen LogP contribution in [0.3, 0.4) is 0 Å². The van der Waals surface area contributed by atoms with E-state index < -0.39 is 0 Å². The van der Waals surface area contributed by atoms with E-state index in [-0.39, 0.29) is 6.10 Å². The predicted octanol–water partition coefficient (Wildman–Crippen LogP) is 1.72. The molecule has 1 N–H and O–H groups in total. The molecule has 106 valence electrons. The van der Waals surface area contributed by atoms with Crippen LogP contribution < -0.4 is 0 Å². The molecule has 1 unspecified atom stereocenters. The summed E-state index contributed by atoms with van der Waals surface area (Å²) in [4.78, 5) is 2.39. The van der Waals surface area contributed by atoms with Gasteiger partial charge in [-0.3, -0.25) is 4.90 Å². The van der Waals surface area contributed by atoms with Crippen molar-refractivity contribution in [2.45, 2.75) is 26.0 Å². The summed E-state index contributed by atoms with van der Waals surface area (Å²) in [7, 11) is 2.19. The van der Waals surface area contributed by atoms with E-state index in [2.05, 4.69) is 49.2 Å². The first-order valence-electron chi connectivity index (χ1n) is 7.39. The lowest BCUT2D eigenvalue weighted by molar-refractivity contribution is -0.947. The molecule has 0 aliphatic carbocycles. The molecule has 3 nitrogen and oxygen atoms in total. The average molecular weight is 263 g/mol. The van der Waals surface area contributed by atoms with Crippen LogP contribution in [0.5, 0.6) is 0 Å². The van der Waals surface area contributed by atoms with E-state index >= 15 is 0 Å². The maximum atomic E-state index is 10.1. The van der Waals surface area contributed by atoms with Gasteiger partial charge >= 0.3 is 0 Å². The molecule has 1 aliphatic rings. The number of benzene rings is 1. The highest BCUT2D eigenvalue weighted by Crippen LogP contribution is 2.19. The molecule has 0 amide bonds. The normalized spacial score (nSPS) is 21.2. The molecule has 1 aromatic rings. The van der Waals surface area contributed by atoms with Gasteiger partial charge in [0.15, 0.2) is 0 Å². The van der Waals surface area contributed by atoms with Crippen molar-refractivity contribution in [3.05, 3.63) is 35.9 Å². The van der Waals surface area contributed by atoms with Crippen molar-refractivity contribution in [1.29, 1.82) is 0 Å². The highest BCUT2D eigenvalue weighted by Gasteiger charge is 2.33. The Hall–Kier alpha value is -0.900. The highest BCUT2D eigenvalue weighted by atomic mass is 16.3. The monoisotopic (exact) mass is 263 g/mol. The van der Waals surface area contributed by atoms with Crippen molar-refractivity contribution in [3.8, 4) is 0 Å². The van der Waals surface area contributed by atoms with Crippen LogP contribution in [0.1, 0.15) is 18.9 Å². The number of hydrogen-bond donors (Lipinski definition) is 1. The van der Waals surface area contributed by atoms with Crippen molar-refractivity contribution in [3.63, 3.8) is 0 Å². The fourth-order valence-electron chi connectivity index (χ4n) is 2.94. The van der Waals surface area contributed by atoms with Gasteiger partial charge in [-0.25, -0.2) is 0 Å². The van der Waals surface area contributed by atoms with Crippen LogP contribution in [0, 0.1) is 0 Å². The van der Waals surface area contributed by atoms with Crippen LogP contribution in [0.15, 0.2) is 30.3 Å². The first-order chi connectivity index (χ1) is 9.13. The summed E-state index contributed by atoms with van der Waals surface area (Å²) in [6.45, 7) is 8.54. The van der Waals surface area contributed by atoms with Gasteiger partial charge in [0.25, 0.3) is 0 Å². The molecule has 0 spiro atoms. The van der Waals surface area contributed by atoms with Crippen molar-refractivity contribution < 1.29 is 9.59 Å². The SMILES string of the molecule is CCC(O)C[N+]1(Cc2ccccc2)CCN(C)CC1. The first-order valence-corrected chi connectivity index (χ1v) is 7.39. The minimum atomic E-state index is -0.174. The summed E-state index contributed by atoms with van der Waals surface area (Å²) in [5, 5.41) is 10.1. The van der Waals surface area contributed by atoms with Gasteiger partial charge in [0.1, 0.15) is 19.2 Å². The van der Waals surface area contributed by atoms with Crippen molar-refractivity contribution in [2.75, 3.05) is 39.8 Å². The second-order valence-electron chi connectivity index (χ2n) is 5.98. The third kappa shape index (κ3) is 4.03. The zero-order valence-corrected chi connectivity index (χ0v) is 12.3. The fourth-order valence-corrected chi connectivity index (χ4v) is 2.94. The Bertz CT molecular complexity index is 372. The minimum Gasteiger partial charge on any atom is -0.387 e. The molecule has 1 fully saturated rings. The number of hydrogen-bond acceptors (Lipinski definition) is 2. The number of aliphatic hydroxyl groups excluding tert-OH is 1. The van der Waals surface area contributed by atoms with E-state index in [1.807, 2.05) is 0 Å². The lowest BCUT2D eigenvalue weighted by Crippen LogP contribution is -2.60. The standard InChI is InChI=1S/C16H27N2O/c1-3-16(19)14-18(11-9-17(2)10-12-18)13-15-7-5-4-6-8-15/h4-8,16,19H,3,9-14H2,1-2H3/q+1. The molecule has 1 heterocycles. The molecule has 1 aromatic carbocycles. The molecule has 1 atom stereocenters. The Morgan fingerprint density at radius 2 is 1.84 bits per heavy atom. The summed E-state index contributed by atoms with van der Waals surface area (Å²) >= 11 is 0. The third-order valence-corrected chi connectivity index (χ3v) is 4.34. The largest absolute Gasteiger partial charge is 0.387 e. The van der Waals surface area contributed by atoms with Gasteiger partial charge in [0, 0.05) is 18.7 Å². The van der Waals surface area contributed by atoms with Crippen LogP contribution >= 0.6 is 0 Å². The Kier molecular flexibility index (Phi) is 4.97. The molecule has 0 aromatic heterocycles. The van der Waals surface area contributed by atoms with Gasteiger partial charge < -0.3 is 9.59 Å². The van der Waals surface area contributed by atoms with E-state index in [0.29, 0.717) is 0 Å². The molecule has 0 radical (unpaired) electrons. The van der Waals surface area contributed by atoms with Gasteiger partial charge in [-0.2, -0.15) is 0 Å². The van der Waals surface area contributed by atoms with Gasteiger partial charge in [-0.05, 0) is 13.5 Å². The van der Waals surface area contributed by atoms with Crippen molar-refractivity contribution >= 4 is 0 Å². The Balaban J connectivity index is 2.10. The minimum absolute atomic E-state index is 0.174. The summed E-state index contributed by atoms with van der Waals surface area (Å²) in [5.41, 5.74) is 1.38. The van der Waals surface area contributed by atoms with Gasteiger partial charge in [0.05, 0.1) is 13.1 Å². The number of likely N-dealkylation sites (N-methyl/N-ethyl adjacent to an activating group) is 1. The first kappa shape index (κ1) is 14.5. The van der Waals surface area contributed by atoms with Crippen LogP contribution in [-0.2, 0) is 6.54 Å². The Morgan fingerprint density at radius 3 is 2.42 bits per heavy atom. The maximum absolute atomic E-state index is 10.1. The van der Waals surface area contributed by atoms with E-state index in [4.69, 9.17) is 0 Å². The van der Waals surface area contributed by atoms with E-state index in [9.17, 15) is 5.11 Å². The number of quaternary nitrogens is 1. The summed E-state index contributed by atoms with van der Waals surface area (Å²) in [6, 6.07) is 10.7. The molecule has 0 saturated carbocycles. The van der Waals surface area contributed by atoms with Crippen molar-refractivity contribution in [1.82, 2.24) is 4.90 Å². The smallest absolute Gasteiger partial charge is 0.105 e. The lowest BCUT2D eigenvalue weighted by Gasteiger charge is -2.45. The molecule has 0 bridgehead atoms. The second kappa shape index (κ2) is 6.51. The fraction of sp³-hybridized carbons (Fsp3) is 0.625. The lowest BCUT2D eigenvalue weighted by atomic mass is 10.1. The summed E-state index contributed by atoms with van der Waals surface area (Å²) in [6.07, 6.45) is 0.678. The molecule has 19 heavy (non-hydrogen) atoms. The van der Waals surface area contributed by atoms with Crippen LogP contribution in [-0.4, -0.2) is 60.4 Å². The Labute approximate surface area is 117 Å².